The molecule has 0 radical (unpaired) electrons. The molecule has 1 aliphatic heterocycles. The van der Waals surface area contributed by atoms with Crippen LogP contribution in [0.1, 0.15) is 12.8 Å². The summed E-state index contributed by atoms with van der Waals surface area (Å²) in [4.78, 5) is 8.05. The zero-order chi connectivity index (χ0) is 9.80. The Kier molecular flexibility index (Phi) is 3.31. The van der Waals surface area contributed by atoms with Gasteiger partial charge in [-0.3, -0.25) is 0 Å². The van der Waals surface area contributed by atoms with Crippen LogP contribution in [0.25, 0.3) is 0 Å². The first-order valence-corrected chi connectivity index (χ1v) is 5.58. The second kappa shape index (κ2) is 4.70. The number of rotatable bonds is 3. The third-order valence-electron chi connectivity index (χ3n) is 2.35. The van der Waals surface area contributed by atoms with E-state index >= 15 is 0 Å². The highest BCUT2D eigenvalue weighted by atomic mass is 79.9. The van der Waals surface area contributed by atoms with Gasteiger partial charge in [-0.2, -0.15) is 0 Å². The molecule has 1 aliphatic rings. The summed E-state index contributed by atoms with van der Waals surface area (Å²) in [6.45, 7) is 2.06. The van der Waals surface area contributed by atoms with Crippen molar-refractivity contribution in [3.8, 4) is 0 Å². The van der Waals surface area contributed by atoms with Gasteiger partial charge in [-0.25, -0.2) is 9.97 Å². The van der Waals surface area contributed by atoms with E-state index < -0.39 is 0 Å². The fraction of sp³-hybridized carbons (Fsp3) is 0.556. The van der Waals surface area contributed by atoms with Gasteiger partial charge in [-0.15, -0.1) is 0 Å². The average molecular weight is 257 g/mol. The Balaban J connectivity index is 1.88. The zero-order valence-corrected chi connectivity index (χ0v) is 9.42. The van der Waals surface area contributed by atoms with Crippen molar-refractivity contribution < 1.29 is 0 Å². The van der Waals surface area contributed by atoms with Crippen molar-refractivity contribution in [3.05, 3.63) is 17.0 Å². The lowest BCUT2D eigenvalue weighted by Crippen LogP contribution is -2.29. The van der Waals surface area contributed by atoms with Gasteiger partial charge in [0.25, 0.3) is 0 Å². The molecule has 0 spiro atoms. The molecule has 4 nitrogen and oxygen atoms in total. The van der Waals surface area contributed by atoms with Crippen LogP contribution in [0.15, 0.2) is 17.0 Å². The minimum absolute atomic E-state index is 0.580. The van der Waals surface area contributed by atoms with Gasteiger partial charge >= 0.3 is 0 Å². The quantitative estimate of drug-likeness (QED) is 0.859. The summed E-state index contributed by atoms with van der Waals surface area (Å²) < 4.78 is 0.915. The first-order valence-electron chi connectivity index (χ1n) is 4.79. The molecule has 5 heteroatoms. The van der Waals surface area contributed by atoms with Crippen molar-refractivity contribution >= 4 is 21.7 Å². The number of hydrogen-bond acceptors (Lipinski definition) is 4. The molecule has 0 saturated carbocycles. The lowest BCUT2D eigenvalue weighted by molar-refractivity contribution is 0.632. The summed E-state index contributed by atoms with van der Waals surface area (Å²) in [6.07, 6.45) is 5.82. The molecular formula is C9H13BrN4. The number of aromatic nitrogens is 2. The molecule has 2 heterocycles. The monoisotopic (exact) mass is 256 g/mol. The molecule has 1 fully saturated rings. The molecular weight excluding hydrogens is 244 g/mol. The normalized spacial score (nSPS) is 21.1. The van der Waals surface area contributed by atoms with Crippen LogP contribution in [0, 0.1) is 0 Å². The predicted octanol–water partition coefficient (Wildman–Crippen LogP) is 1.40. The number of nitrogens with zero attached hydrogens (tertiary/aromatic N) is 2. The van der Waals surface area contributed by atoms with E-state index in [4.69, 9.17) is 0 Å². The minimum Gasteiger partial charge on any atom is -0.367 e. The molecule has 2 N–H and O–H groups in total. The number of anilines is 1. The van der Waals surface area contributed by atoms with E-state index in [0.717, 1.165) is 23.4 Å². The van der Waals surface area contributed by atoms with Crippen LogP contribution >= 0.6 is 15.9 Å². The summed E-state index contributed by atoms with van der Waals surface area (Å²) in [5, 5.41) is 6.72. The molecule has 0 aliphatic carbocycles. The highest BCUT2D eigenvalue weighted by Crippen LogP contribution is 2.17. The average Bonchev–Trinajstić information content (AvgIpc) is 2.69. The van der Waals surface area contributed by atoms with Crippen molar-refractivity contribution in [1.82, 2.24) is 15.3 Å². The SMILES string of the molecule is Brc1cncnc1NCC1CCCN1. The topological polar surface area (TPSA) is 49.8 Å². The molecule has 1 aromatic rings. The molecule has 1 aromatic heterocycles. The van der Waals surface area contributed by atoms with Gasteiger partial charge in [-0.05, 0) is 35.3 Å². The Morgan fingerprint density at radius 2 is 2.57 bits per heavy atom. The predicted molar refractivity (Wildman–Crippen MR) is 59.2 cm³/mol. The molecule has 1 unspecified atom stereocenters. The van der Waals surface area contributed by atoms with Gasteiger partial charge in [0.15, 0.2) is 0 Å². The van der Waals surface area contributed by atoms with Crippen molar-refractivity contribution in [2.45, 2.75) is 18.9 Å². The van der Waals surface area contributed by atoms with Crippen molar-refractivity contribution in [2.24, 2.45) is 0 Å². The fourth-order valence-electron chi connectivity index (χ4n) is 1.59. The summed E-state index contributed by atoms with van der Waals surface area (Å²) in [5.74, 6) is 0.869. The van der Waals surface area contributed by atoms with Crippen molar-refractivity contribution in [1.29, 1.82) is 0 Å². The molecule has 2 rings (SSSR count). The van der Waals surface area contributed by atoms with Gasteiger partial charge in [0.2, 0.25) is 0 Å². The maximum atomic E-state index is 4.14. The largest absolute Gasteiger partial charge is 0.367 e. The van der Waals surface area contributed by atoms with Crippen LogP contribution in [-0.4, -0.2) is 29.1 Å². The fourth-order valence-corrected chi connectivity index (χ4v) is 1.95. The minimum atomic E-state index is 0.580. The van der Waals surface area contributed by atoms with Gasteiger partial charge in [-0.1, -0.05) is 0 Å². The Bertz CT molecular complexity index is 299. The Labute approximate surface area is 91.7 Å². The lowest BCUT2D eigenvalue weighted by Gasteiger charge is -2.12. The van der Waals surface area contributed by atoms with Crippen LogP contribution < -0.4 is 10.6 Å². The highest BCUT2D eigenvalue weighted by molar-refractivity contribution is 9.10. The first kappa shape index (κ1) is 9.86. The summed E-state index contributed by atoms with van der Waals surface area (Å²) in [7, 11) is 0. The van der Waals surface area contributed by atoms with Gasteiger partial charge in [0.1, 0.15) is 12.1 Å². The van der Waals surface area contributed by atoms with Gasteiger partial charge in [0.05, 0.1) is 4.47 Å². The van der Waals surface area contributed by atoms with Crippen molar-refractivity contribution in [2.75, 3.05) is 18.4 Å². The van der Waals surface area contributed by atoms with Crippen LogP contribution in [0.5, 0.6) is 0 Å². The van der Waals surface area contributed by atoms with E-state index in [1.165, 1.54) is 12.8 Å². The highest BCUT2D eigenvalue weighted by Gasteiger charge is 2.13. The van der Waals surface area contributed by atoms with Gasteiger partial charge in [0, 0.05) is 18.8 Å². The smallest absolute Gasteiger partial charge is 0.143 e. The molecule has 0 aromatic carbocycles. The second-order valence-electron chi connectivity index (χ2n) is 3.39. The zero-order valence-electron chi connectivity index (χ0n) is 7.83. The summed E-state index contributed by atoms with van der Waals surface area (Å²) in [5.41, 5.74) is 0. The van der Waals surface area contributed by atoms with E-state index in [9.17, 15) is 0 Å². The van der Waals surface area contributed by atoms with E-state index in [0.29, 0.717) is 6.04 Å². The Morgan fingerprint density at radius 3 is 3.29 bits per heavy atom. The number of halogens is 1. The van der Waals surface area contributed by atoms with Gasteiger partial charge < -0.3 is 10.6 Å². The lowest BCUT2D eigenvalue weighted by atomic mass is 10.2. The molecule has 0 bridgehead atoms. The molecule has 1 saturated heterocycles. The summed E-state index contributed by atoms with van der Waals surface area (Å²) in [6, 6.07) is 0.580. The maximum absolute atomic E-state index is 4.14. The molecule has 14 heavy (non-hydrogen) atoms. The van der Waals surface area contributed by atoms with E-state index in [1.807, 2.05) is 0 Å². The third kappa shape index (κ3) is 2.42. The molecule has 76 valence electrons. The second-order valence-corrected chi connectivity index (χ2v) is 4.25. The Hall–Kier alpha value is -0.680. The third-order valence-corrected chi connectivity index (χ3v) is 2.93. The van der Waals surface area contributed by atoms with E-state index in [1.54, 1.807) is 12.5 Å². The maximum Gasteiger partial charge on any atom is 0.143 e. The first-order chi connectivity index (χ1) is 6.86. The van der Waals surface area contributed by atoms with Crippen LogP contribution in [0.3, 0.4) is 0 Å². The van der Waals surface area contributed by atoms with Crippen LogP contribution in [0.2, 0.25) is 0 Å². The Morgan fingerprint density at radius 1 is 1.64 bits per heavy atom. The summed E-state index contributed by atoms with van der Waals surface area (Å²) >= 11 is 3.40. The van der Waals surface area contributed by atoms with E-state index in [2.05, 4.69) is 36.5 Å². The standard InChI is InChI=1S/C9H13BrN4/c10-8-5-11-6-14-9(8)13-4-7-2-1-3-12-7/h5-7,12H,1-4H2,(H,11,13,14). The molecule has 1 atom stereocenters. The number of nitrogens with one attached hydrogen (secondary N) is 2. The van der Waals surface area contributed by atoms with Crippen LogP contribution in [0.4, 0.5) is 5.82 Å². The van der Waals surface area contributed by atoms with E-state index in [-0.39, 0.29) is 0 Å². The molecule has 0 amide bonds. The number of hydrogen-bond donors (Lipinski definition) is 2. The van der Waals surface area contributed by atoms with Crippen molar-refractivity contribution in [3.63, 3.8) is 0 Å². The van der Waals surface area contributed by atoms with Crippen LogP contribution in [-0.2, 0) is 0 Å².